The Hall–Kier alpha value is -2.05. The smallest absolute Gasteiger partial charge is 0.411 e. The molecule has 0 unspecified atom stereocenters. The normalized spacial score (nSPS) is 11.1. The summed E-state index contributed by atoms with van der Waals surface area (Å²) in [5, 5.41) is 15.2. The number of amides is 1. The first-order valence-electron chi connectivity index (χ1n) is 6.27. The lowest BCUT2D eigenvalue weighted by atomic mass is 10.1. The first-order chi connectivity index (χ1) is 10.6. The number of para-hydroxylation sites is 1. The first kappa shape index (κ1) is 16.3. The number of carbonyl (C=O) groups is 1. The molecule has 2 rings (SSSR count). The van der Waals surface area contributed by atoms with Gasteiger partial charge in [0.1, 0.15) is 11.5 Å². The third kappa shape index (κ3) is 4.47. The Morgan fingerprint density at radius 2 is 2.00 bits per heavy atom. The van der Waals surface area contributed by atoms with E-state index >= 15 is 0 Å². The largest absolute Gasteiger partial charge is 0.412 e. The average Bonchev–Trinajstić information content (AvgIpc) is 2.52. The summed E-state index contributed by atoms with van der Waals surface area (Å²) in [4.78, 5) is 11.7. The van der Waals surface area contributed by atoms with Crippen molar-refractivity contribution in [1.82, 2.24) is 5.32 Å². The Balaban J connectivity index is 1.96. The zero-order chi connectivity index (χ0) is 15.9. The fourth-order valence-corrected chi connectivity index (χ4v) is 2.09. The molecule has 0 aliphatic carbocycles. The Kier molecular flexibility index (Phi) is 5.80. The fraction of sp³-hybridized carbons (Fsp3) is 0.0667. The minimum atomic E-state index is -0.643. The van der Waals surface area contributed by atoms with Gasteiger partial charge in [-0.15, -0.1) is 0 Å². The van der Waals surface area contributed by atoms with Crippen molar-refractivity contribution in [2.45, 2.75) is 0 Å². The van der Waals surface area contributed by atoms with E-state index in [0.717, 1.165) is 4.47 Å². The van der Waals surface area contributed by atoms with Gasteiger partial charge in [-0.3, -0.25) is 0 Å². The van der Waals surface area contributed by atoms with E-state index in [4.69, 9.17) is 21.5 Å². The molecular formula is C15H12BrClN2O3. The second kappa shape index (κ2) is 7.82. The van der Waals surface area contributed by atoms with Crippen LogP contribution in [0.3, 0.4) is 0 Å². The monoisotopic (exact) mass is 382 g/mol. The van der Waals surface area contributed by atoms with Crippen LogP contribution in [0, 0.1) is 0 Å². The van der Waals surface area contributed by atoms with Crippen LogP contribution in [0.25, 0.3) is 0 Å². The maximum atomic E-state index is 11.7. The van der Waals surface area contributed by atoms with Crippen LogP contribution < -0.4 is 10.1 Å². The van der Waals surface area contributed by atoms with E-state index in [-0.39, 0.29) is 12.3 Å². The van der Waals surface area contributed by atoms with Gasteiger partial charge in [0.15, 0.2) is 0 Å². The van der Waals surface area contributed by atoms with Gasteiger partial charge in [-0.2, -0.15) is 0 Å². The lowest BCUT2D eigenvalue weighted by Gasteiger charge is -2.08. The van der Waals surface area contributed by atoms with Crippen LogP contribution in [-0.4, -0.2) is 23.6 Å². The maximum absolute atomic E-state index is 11.7. The van der Waals surface area contributed by atoms with Crippen LogP contribution >= 0.6 is 27.5 Å². The number of nitrogens with zero attached hydrogens (tertiary/aromatic N) is 1. The molecule has 0 saturated heterocycles. The van der Waals surface area contributed by atoms with E-state index in [1.165, 1.54) is 0 Å². The van der Waals surface area contributed by atoms with E-state index in [2.05, 4.69) is 26.4 Å². The third-order valence-electron chi connectivity index (χ3n) is 2.73. The summed E-state index contributed by atoms with van der Waals surface area (Å²) < 4.78 is 5.80. The van der Waals surface area contributed by atoms with Gasteiger partial charge in [-0.25, -0.2) is 4.79 Å². The third-order valence-corrected chi connectivity index (χ3v) is 3.96. The molecule has 114 valence electrons. The van der Waals surface area contributed by atoms with Gasteiger partial charge in [0.2, 0.25) is 0 Å². The van der Waals surface area contributed by atoms with Crippen molar-refractivity contribution in [2.75, 3.05) is 6.54 Å². The number of hydrogen-bond acceptors (Lipinski definition) is 4. The molecule has 7 heteroatoms. The second-order valence-electron chi connectivity index (χ2n) is 4.23. The standard InChI is InChI=1S/C15H12BrClN2O3/c16-12-7-6-10(8-13(12)17)14(19-21)9-18-15(20)22-11-4-2-1-3-5-11/h1-8,21H,9H2,(H,18,20). The number of benzene rings is 2. The summed E-state index contributed by atoms with van der Waals surface area (Å²) in [5.74, 6) is 0.425. The lowest BCUT2D eigenvalue weighted by molar-refractivity contribution is 0.202. The van der Waals surface area contributed by atoms with Crippen LogP contribution in [-0.2, 0) is 0 Å². The van der Waals surface area contributed by atoms with Crippen LogP contribution in [0.15, 0.2) is 58.2 Å². The quantitative estimate of drug-likeness (QED) is 0.475. The molecule has 0 bridgehead atoms. The van der Waals surface area contributed by atoms with Gasteiger partial charge >= 0.3 is 6.09 Å². The number of nitrogens with one attached hydrogen (secondary N) is 1. The van der Waals surface area contributed by atoms with Crippen molar-refractivity contribution < 1.29 is 14.7 Å². The number of hydrogen-bond donors (Lipinski definition) is 2. The number of halogens is 2. The molecule has 0 aliphatic heterocycles. The van der Waals surface area contributed by atoms with Crippen LogP contribution in [0.1, 0.15) is 5.56 Å². The fourth-order valence-electron chi connectivity index (χ4n) is 1.66. The maximum Gasteiger partial charge on any atom is 0.412 e. The summed E-state index contributed by atoms with van der Waals surface area (Å²) in [6, 6.07) is 13.7. The molecule has 5 nitrogen and oxygen atoms in total. The van der Waals surface area contributed by atoms with Crippen LogP contribution in [0.5, 0.6) is 5.75 Å². The van der Waals surface area contributed by atoms with Gasteiger partial charge in [0.25, 0.3) is 0 Å². The molecule has 0 heterocycles. The highest BCUT2D eigenvalue weighted by Crippen LogP contribution is 2.23. The van der Waals surface area contributed by atoms with Gasteiger partial charge in [-0.05, 0) is 40.2 Å². The van der Waals surface area contributed by atoms with Gasteiger partial charge < -0.3 is 15.3 Å². The Morgan fingerprint density at radius 1 is 1.27 bits per heavy atom. The lowest BCUT2D eigenvalue weighted by Crippen LogP contribution is -2.32. The SMILES string of the molecule is O=C(NCC(=NO)c1ccc(Br)c(Cl)c1)Oc1ccccc1. The molecule has 0 atom stereocenters. The van der Waals surface area contributed by atoms with Crippen molar-refractivity contribution in [1.29, 1.82) is 0 Å². The van der Waals surface area contributed by atoms with Gasteiger partial charge in [0.05, 0.1) is 11.6 Å². The number of carbonyl (C=O) groups excluding carboxylic acids is 1. The molecule has 22 heavy (non-hydrogen) atoms. The molecule has 0 aliphatic rings. The van der Waals surface area contributed by atoms with E-state index < -0.39 is 6.09 Å². The Bertz CT molecular complexity index is 692. The zero-order valence-corrected chi connectivity index (χ0v) is 13.6. The number of oxime groups is 1. The van der Waals surface area contributed by atoms with E-state index in [0.29, 0.717) is 16.3 Å². The highest BCUT2D eigenvalue weighted by Gasteiger charge is 2.10. The highest BCUT2D eigenvalue weighted by atomic mass is 79.9. The molecule has 1 amide bonds. The van der Waals surface area contributed by atoms with Crippen LogP contribution in [0.2, 0.25) is 5.02 Å². The second-order valence-corrected chi connectivity index (χ2v) is 5.49. The molecule has 2 aromatic carbocycles. The van der Waals surface area contributed by atoms with E-state index in [1.54, 1.807) is 42.5 Å². The molecule has 2 aromatic rings. The summed E-state index contributed by atoms with van der Waals surface area (Å²) in [5.41, 5.74) is 0.857. The molecular weight excluding hydrogens is 372 g/mol. The highest BCUT2D eigenvalue weighted by molar-refractivity contribution is 9.10. The molecule has 0 radical (unpaired) electrons. The minimum Gasteiger partial charge on any atom is -0.411 e. The van der Waals surface area contributed by atoms with Crippen molar-refractivity contribution in [2.24, 2.45) is 5.16 Å². The summed E-state index contributed by atoms with van der Waals surface area (Å²) in [7, 11) is 0. The Morgan fingerprint density at radius 3 is 2.64 bits per heavy atom. The van der Waals surface area contributed by atoms with Gasteiger partial charge in [-0.1, -0.05) is 41.0 Å². The van der Waals surface area contributed by atoms with Crippen LogP contribution in [0.4, 0.5) is 4.79 Å². The van der Waals surface area contributed by atoms with E-state index in [9.17, 15) is 4.79 Å². The predicted molar refractivity (Wildman–Crippen MR) is 87.9 cm³/mol. The minimum absolute atomic E-state index is 0.000127. The Labute approximate surface area is 140 Å². The molecule has 0 aromatic heterocycles. The zero-order valence-electron chi connectivity index (χ0n) is 11.3. The average molecular weight is 384 g/mol. The topological polar surface area (TPSA) is 70.9 Å². The van der Waals surface area contributed by atoms with Crippen molar-refractivity contribution in [3.8, 4) is 5.75 Å². The molecule has 0 spiro atoms. The molecule has 2 N–H and O–H groups in total. The number of ether oxygens (including phenoxy) is 1. The first-order valence-corrected chi connectivity index (χ1v) is 7.44. The summed E-state index contributed by atoms with van der Waals surface area (Å²) >= 11 is 9.26. The number of rotatable bonds is 4. The van der Waals surface area contributed by atoms with Crippen molar-refractivity contribution in [3.05, 3.63) is 63.6 Å². The predicted octanol–water partition coefficient (Wildman–Crippen LogP) is 4.07. The summed E-state index contributed by atoms with van der Waals surface area (Å²) in [6.45, 7) is 0.000127. The molecule has 0 fully saturated rings. The summed E-state index contributed by atoms with van der Waals surface area (Å²) in [6.07, 6.45) is -0.643. The van der Waals surface area contributed by atoms with E-state index in [1.807, 2.05) is 6.07 Å². The molecule has 0 saturated carbocycles. The van der Waals surface area contributed by atoms with Gasteiger partial charge in [0, 0.05) is 10.0 Å². The van der Waals surface area contributed by atoms with Crippen molar-refractivity contribution >= 4 is 39.3 Å². The van der Waals surface area contributed by atoms with Crippen molar-refractivity contribution in [3.63, 3.8) is 0 Å².